The Morgan fingerprint density at radius 1 is 1.39 bits per heavy atom. The minimum absolute atomic E-state index is 0.0212. The minimum Gasteiger partial charge on any atom is -0.398 e. The first-order chi connectivity index (χ1) is 8.63. The lowest BCUT2D eigenvalue weighted by Gasteiger charge is -2.30. The maximum Gasteiger partial charge on any atom is 0.168 e. The number of rotatable bonds is 3. The van der Waals surface area contributed by atoms with Crippen LogP contribution in [0.3, 0.4) is 0 Å². The lowest BCUT2D eigenvalue weighted by Crippen LogP contribution is -2.27. The molecule has 1 saturated carbocycles. The molecule has 1 aromatic rings. The molecule has 18 heavy (non-hydrogen) atoms. The maximum absolute atomic E-state index is 13.2. The Hall–Kier alpha value is -1.38. The van der Waals surface area contributed by atoms with Crippen LogP contribution in [-0.2, 0) is 0 Å². The number of halogens is 1. The normalized spacial score (nSPS) is 23.9. The van der Waals surface area contributed by atoms with Crippen molar-refractivity contribution >= 4 is 11.5 Å². The molecule has 3 heteroatoms. The second-order valence-electron chi connectivity index (χ2n) is 5.16. The Morgan fingerprint density at radius 2 is 2.11 bits per heavy atom. The molecule has 2 atom stereocenters. The van der Waals surface area contributed by atoms with Crippen molar-refractivity contribution in [2.75, 3.05) is 5.73 Å². The van der Waals surface area contributed by atoms with Gasteiger partial charge in [0.1, 0.15) is 5.82 Å². The first-order valence-corrected chi connectivity index (χ1v) is 6.72. The van der Waals surface area contributed by atoms with Crippen molar-refractivity contribution in [1.82, 2.24) is 0 Å². The number of anilines is 1. The van der Waals surface area contributed by atoms with E-state index in [1.165, 1.54) is 24.6 Å². The largest absolute Gasteiger partial charge is 0.398 e. The molecule has 1 fully saturated rings. The Bertz CT molecular complexity index is 444. The van der Waals surface area contributed by atoms with Crippen molar-refractivity contribution in [2.24, 2.45) is 11.8 Å². The Balaban J connectivity index is 2.26. The Kier molecular flexibility index (Phi) is 4.00. The maximum atomic E-state index is 13.2. The molecule has 98 valence electrons. The number of nitrogen functional groups attached to an aromatic ring is 1. The van der Waals surface area contributed by atoms with Gasteiger partial charge in [0, 0.05) is 17.2 Å². The molecule has 1 aliphatic carbocycles. The number of hydrogen-bond acceptors (Lipinski definition) is 2. The van der Waals surface area contributed by atoms with Gasteiger partial charge in [-0.1, -0.05) is 26.2 Å². The molecule has 0 heterocycles. The molecule has 0 spiro atoms. The van der Waals surface area contributed by atoms with Crippen molar-refractivity contribution in [2.45, 2.75) is 39.0 Å². The van der Waals surface area contributed by atoms with E-state index >= 15 is 0 Å². The van der Waals surface area contributed by atoms with Crippen molar-refractivity contribution in [3.05, 3.63) is 29.6 Å². The molecular weight excluding hydrogens is 229 g/mol. The van der Waals surface area contributed by atoms with Crippen LogP contribution in [0.5, 0.6) is 0 Å². The van der Waals surface area contributed by atoms with Gasteiger partial charge in [-0.15, -0.1) is 0 Å². The summed E-state index contributed by atoms with van der Waals surface area (Å²) in [5, 5.41) is 0. The Labute approximate surface area is 107 Å². The molecule has 0 amide bonds. The van der Waals surface area contributed by atoms with Gasteiger partial charge in [-0.25, -0.2) is 4.39 Å². The fourth-order valence-corrected chi connectivity index (χ4v) is 2.98. The van der Waals surface area contributed by atoms with Crippen LogP contribution in [0.15, 0.2) is 18.2 Å². The third-order valence-corrected chi connectivity index (χ3v) is 4.05. The van der Waals surface area contributed by atoms with Gasteiger partial charge >= 0.3 is 0 Å². The molecule has 2 unspecified atom stereocenters. The molecule has 2 N–H and O–H groups in total. The SMILES string of the molecule is CCC1CCCCC1C(=O)c1cc(F)ccc1N. The molecule has 1 aromatic carbocycles. The fourth-order valence-electron chi connectivity index (χ4n) is 2.98. The zero-order valence-electron chi connectivity index (χ0n) is 10.8. The summed E-state index contributed by atoms with van der Waals surface area (Å²) in [6.07, 6.45) is 5.30. The molecule has 0 aromatic heterocycles. The second kappa shape index (κ2) is 5.51. The van der Waals surface area contributed by atoms with E-state index < -0.39 is 5.82 Å². The molecule has 0 radical (unpaired) electrons. The van der Waals surface area contributed by atoms with Crippen LogP contribution < -0.4 is 5.73 Å². The molecule has 2 nitrogen and oxygen atoms in total. The average molecular weight is 249 g/mol. The zero-order valence-corrected chi connectivity index (χ0v) is 10.8. The lowest BCUT2D eigenvalue weighted by atomic mass is 9.74. The summed E-state index contributed by atoms with van der Waals surface area (Å²) in [4.78, 5) is 12.5. The highest BCUT2D eigenvalue weighted by Crippen LogP contribution is 2.35. The van der Waals surface area contributed by atoms with Crippen LogP contribution in [0.4, 0.5) is 10.1 Å². The van der Waals surface area contributed by atoms with Crippen LogP contribution in [0, 0.1) is 17.7 Å². The number of benzene rings is 1. The summed E-state index contributed by atoms with van der Waals surface area (Å²) in [5.74, 6) is 0.0803. The average Bonchev–Trinajstić information content (AvgIpc) is 2.40. The smallest absolute Gasteiger partial charge is 0.168 e. The number of Topliss-reactive ketones (excluding diaryl/α,β-unsaturated/α-hetero) is 1. The van der Waals surface area contributed by atoms with Gasteiger partial charge in [0.25, 0.3) is 0 Å². The van der Waals surface area contributed by atoms with E-state index in [9.17, 15) is 9.18 Å². The summed E-state index contributed by atoms with van der Waals surface area (Å²) in [6, 6.07) is 4.05. The van der Waals surface area contributed by atoms with E-state index in [0.717, 1.165) is 25.7 Å². The van der Waals surface area contributed by atoms with E-state index in [1.807, 2.05) is 0 Å². The summed E-state index contributed by atoms with van der Waals surface area (Å²) < 4.78 is 13.2. The van der Waals surface area contributed by atoms with Gasteiger partial charge in [-0.3, -0.25) is 4.79 Å². The molecule has 0 aliphatic heterocycles. The standard InChI is InChI=1S/C15H20FNO/c1-2-10-5-3-4-6-12(10)15(18)13-9-11(16)7-8-14(13)17/h7-10,12H,2-6,17H2,1H3. The second-order valence-corrected chi connectivity index (χ2v) is 5.16. The molecule has 0 saturated heterocycles. The Morgan fingerprint density at radius 3 is 2.83 bits per heavy atom. The van der Waals surface area contributed by atoms with Crippen molar-refractivity contribution in [3.63, 3.8) is 0 Å². The third-order valence-electron chi connectivity index (χ3n) is 4.05. The van der Waals surface area contributed by atoms with Crippen LogP contribution in [0.1, 0.15) is 49.4 Å². The van der Waals surface area contributed by atoms with Crippen LogP contribution in [0.2, 0.25) is 0 Å². The summed E-state index contributed by atoms with van der Waals surface area (Å²) in [6.45, 7) is 2.12. The lowest BCUT2D eigenvalue weighted by molar-refractivity contribution is 0.0821. The third kappa shape index (κ3) is 2.55. The quantitative estimate of drug-likeness (QED) is 0.654. The zero-order chi connectivity index (χ0) is 13.1. The van der Waals surface area contributed by atoms with Crippen LogP contribution in [0.25, 0.3) is 0 Å². The first kappa shape index (κ1) is 13.1. The predicted molar refractivity (Wildman–Crippen MR) is 70.9 cm³/mol. The highest BCUT2D eigenvalue weighted by Gasteiger charge is 2.31. The van der Waals surface area contributed by atoms with E-state index in [1.54, 1.807) is 0 Å². The van der Waals surface area contributed by atoms with Gasteiger partial charge in [0.05, 0.1) is 0 Å². The minimum atomic E-state index is -0.392. The molecule has 2 rings (SSSR count). The number of carbonyl (C=O) groups is 1. The number of ketones is 1. The number of carbonyl (C=O) groups excluding carboxylic acids is 1. The molecular formula is C15H20FNO. The van der Waals surface area contributed by atoms with E-state index in [4.69, 9.17) is 5.73 Å². The van der Waals surface area contributed by atoms with Crippen LogP contribution in [-0.4, -0.2) is 5.78 Å². The summed E-state index contributed by atoms with van der Waals surface area (Å²) in [5.41, 5.74) is 6.55. The van der Waals surface area contributed by atoms with Gasteiger partial charge in [-0.05, 0) is 37.0 Å². The highest BCUT2D eigenvalue weighted by atomic mass is 19.1. The van der Waals surface area contributed by atoms with E-state index in [-0.39, 0.29) is 11.7 Å². The topological polar surface area (TPSA) is 43.1 Å². The molecule has 0 bridgehead atoms. The highest BCUT2D eigenvalue weighted by molar-refractivity contribution is 6.02. The van der Waals surface area contributed by atoms with Gasteiger partial charge in [-0.2, -0.15) is 0 Å². The van der Waals surface area contributed by atoms with E-state index in [2.05, 4.69) is 6.92 Å². The number of nitrogens with two attached hydrogens (primary N) is 1. The predicted octanol–water partition coefficient (Wildman–Crippen LogP) is 3.81. The van der Waals surface area contributed by atoms with Gasteiger partial charge < -0.3 is 5.73 Å². The fraction of sp³-hybridized carbons (Fsp3) is 0.533. The van der Waals surface area contributed by atoms with Crippen LogP contribution >= 0.6 is 0 Å². The number of hydrogen-bond donors (Lipinski definition) is 1. The van der Waals surface area contributed by atoms with Crippen molar-refractivity contribution < 1.29 is 9.18 Å². The van der Waals surface area contributed by atoms with E-state index in [0.29, 0.717) is 17.2 Å². The monoisotopic (exact) mass is 249 g/mol. The van der Waals surface area contributed by atoms with Crippen molar-refractivity contribution in [3.8, 4) is 0 Å². The summed E-state index contributed by atoms with van der Waals surface area (Å²) in [7, 11) is 0. The van der Waals surface area contributed by atoms with Crippen molar-refractivity contribution in [1.29, 1.82) is 0 Å². The van der Waals surface area contributed by atoms with Gasteiger partial charge in [0.2, 0.25) is 0 Å². The summed E-state index contributed by atoms with van der Waals surface area (Å²) >= 11 is 0. The molecule has 1 aliphatic rings. The van der Waals surface area contributed by atoms with Gasteiger partial charge in [0.15, 0.2) is 5.78 Å². The first-order valence-electron chi connectivity index (χ1n) is 6.72.